The molecular formula is C24H42N10O8. The minimum Gasteiger partial charge on any atom is -0.354 e. The molecule has 1 heterocycles. The molecule has 0 aromatic rings. The normalized spacial score (nSPS) is 26.6. The summed E-state index contributed by atoms with van der Waals surface area (Å²) in [6, 6.07) is -7.66. The summed E-state index contributed by atoms with van der Waals surface area (Å²) in [5.74, 6) is -5.79. The topological polar surface area (TPSA) is 271 Å². The molecule has 1 aliphatic rings. The van der Waals surface area contributed by atoms with Gasteiger partial charge in [0.05, 0.1) is 6.54 Å². The Morgan fingerprint density at radius 2 is 0.976 bits per heavy atom. The number of carbonyl (C=O) groups is 8. The fourth-order valence-corrected chi connectivity index (χ4v) is 3.46. The maximum Gasteiger partial charge on any atom is 0.245 e. The van der Waals surface area contributed by atoms with Gasteiger partial charge in [0.25, 0.3) is 0 Å². The predicted octanol–water partition coefficient (Wildman–Crippen LogP) is -6.21. The highest BCUT2D eigenvalue weighted by molar-refractivity contribution is 5.98. The number of carbonyl (C=O) groups excluding carboxylic acids is 8. The van der Waals surface area contributed by atoms with Crippen LogP contribution in [0.4, 0.5) is 0 Å². The van der Waals surface area contributed by atoms with E-state index in [0.717, 1.165) is 0 Å². The molecule has 0 aromatic heterocycles. The van der Waals surface area contributed by atoms with Crippen molar-refractivity contribution in [2.75, 3.05) is 33.2 Å². The van der Waals surface area contributed by atoms with Gasteiger partial charge in [0.15, 0.2) is 0 Å². The molecule has 1 aliphatic heterocycles. The first kappa shape index (κ1) is 35.7. The maximum absolute atomic E-state index is 13.0. The summed E-state index contributed by atoms with van der Waals surface area (Å²) in [4.78, 5) is 101. The Hall–Kier alpha value is -4.32. The van der Waals surface area contributed by atoms with E-state index in [4.69, 9.17) is 5.73 Å². The summed E-state index contributed by atoms with van der Waals surface area (Å²) in [5.41, 5.74) is 5.64. The Morgan fingerprint density at radius 3 is 1.33 bits per heavy atom. The number of hydrogen-bond donors (Lipinski definition) is 10. The third kappa shape index (κ3) is 11.7. The van der Waals surface area contributed by atoms with Gasteiger partial charge < -0.3 is 53.6 Å². The standard InChI is InChI=1S/C24H42N10O8/c1-6-17(35)27-8-15-23(41)31-13(4)21(39)34-16(9-28-18(36)10-26-5)24(42)30-11(2)19(37)32-14(7-25)22(40)29-12(3)20(38)33-15/h11-16,26H,6-10,25H2,1-5H3,(H,27,35)(H,28,36)(H,29,40)(H,30,42)(H,31,41)(H,32,37)(H,33,38)(H,34,39)/t11-,12-,13-,14+,15+,16+/m1/s1. The number of hydrogen-bond acceptors (Lipinski definition) is 10. The number of rotatable bonds is 8. The van der Waals surface area contributed by atoms with Crippen LogP contribution in [0.1, 0.15) is 34.1 Å². The molecule has 0 saturated carbocycles. The Labute approximate surface area is 243 Å². The molecule has 6 atom stereocenters. The largest absolute Gasteiger partial charge is 0.354 e. The average Bonchev–Trinajstić information content (AvgIpc) is 2.94. The first-order chi connectivity index (χ1) is 19.7. The van der Waals surface area contributed by atoms with Crippen LogP contribution < -0.4 is 53.6 Å². The van der Waals surface area contributed by atoms with E-state index in [2.05, 4.69) is 47.9 Å². The van der Waals surface area contributed by atoms with Crippen molar-refractivity contribution in [3.63, 3.8) is 0 Å². The van der Waals surface area contributed by atoms with Crippen molar-refractivity contribution in [3.8, 4) is 0 Å². The van der Waals surface area contributed by atoms with Crippen molar-refractivity contribution in [2.45, 2.75) is 70.4 Å². The molecule has 1 rings (SSSR count). The van der Waals surface area contributed by atoms with Gasteiger partial charge in [-0.3, -0.25) is 38.4 Å². The minimum absolute atomic E-state index is 0.0730. The zero-order valence-corrected chi connectivity index (χ0v) is 24.3. The summed E-state index contributed by atoms with van der Waals surface area (Å²) in [6.45, 7) is 4.44. The summed E-state index contributed by atoms with van der Waals surface area (Å²) >= 11 is 0. The maximum atomic E-state index is 13.0. The molecule has 0 radical (unpaired) electrons. The number of likely N-dealkylation sites (N-methyl/N-ethyl adjacent to an activating group) is 1. The van der Waals surface area contributed by atoms with Crippen LogP contribution in [0.3, 0.4) is 0 Å². The molecule has 18 nitrogen and oxygen atoms in total. The number of nitrogens with one attached hydrogen (secondary N) is 9. The second-order valence-electron chi connectivity index (χ2n) is 9.60. The number of amides is 8. The molecule has 1 fully saturated rings. The fourth-order valence-electron chi connectivity index (χ4n) is 3.46. The molecule has 236 valence electrons. The van der Waals surface area contributed by atoms with Gasteiger partial charge in [-0.2, -0.15) is 0 Å². The lowest BCUT2D eigenvalue weighted by atomic mass is 10.1. The summed E-state index contributed by atoms with van der Waals surface area (Å²) in [7, 11) is 1.54. The van der Waals surface area contributed by atoms with E-state index in [-0.39, 0.29) is 32.6 Å². The first-order valence-electron chi connectivity index (χ1n) is 13.4. The van der Waals surface area contributed by atoms with Crippen LogP contribution in [0.5, 0.6) is 0 Å². The molecule has 0 aliphatic carbocycles. The Balaban J connectivity index is 3.34. The van der Waals surface area contributed by atoms with E-state index in [1.165, 1.54) is 27.8 Å². The molecule has 1 saturated heterocycles. The average molecular weight is 599 g/mol. The van der Waals surface area contributed by atoms with Crippen LogP contribution in [0, 0.1) is 0 Å². The molecule has 0 unspecified atom stereocenters. The van der Waals surface area contributed by atoms with Gasteiger partial charge in [-0.25, -0.2) is 0 Å². The lowest BCUT2D eigenvalue weighted by Crippen LogP contribution is -2.63. The Kier molecular flexibility index (Phi) is 14.9. The van der Waals surface area contributed by atoms with Crippen molar-refractivity contribution >= 4 is 47.3 Å². The molecule has 0 bridgehead atoms. The van der Waals surface area contributed by atoms with Crippen molar-refractivity contribution in [2.24, 2.45) is 5.73 Å². The summed E-state index contributed by atoms with van der Waals surface area (Å²) < 4.78 is 0. The third-order valence-electron chi connectivity index (χ3n) is 6.06. The molecule has 18 heteroatoms. The van der Waals surface area contributed by atoms with E-state index in [1.807, 2.05) is 0 Å². The van der Waals surface area contributed by atoms with E-state index in [1.54, 1.807) is 6.92 Å². The predicted molar refractivity (Wildman–Crippen MR) is 148 cm³/mol. The van der Waals surface area contributed by atoms with E-state index >= 15 is 0 Å². The third-order valence-corrected chi connectivity index (χ3v) is 6.06. The van der Waals surface area contributed by atoms with Gasteiger partial charge in [0, 0.05) is 26.1 Å². The van der Waals surface area contributed by atoms with Crippen LogP contribution in [0.15, 0.2) is 0 Å². The van der Waals surface area contributed by atoms with Crippen molar-refractivity contribution in [3.05, 3.63) is 0 Å². The van der Waals surface area contributed by atoms with Crippen LogP contribution in [-0.4, -0.2) is 117 Å². The zero-order valence-electron chi connectivity index (χ0n) is 24.3. The van der Waals surface area contributed by atoms with Crippen molar-refractivity contribution < 1.29 is 38.4 Å². The molecule has 11 N–H and O–H groups in total. The van der Waals surface area contributed by atoms with Crippen LogP contribution in [0.25, 0.3) is 0 Å². The van der Waals surface area contributed by atoms with E-state index in [0.29, 0.717) is 0 Å². The lowest BCUT2D eigenvalue weighted by molar-refractivity contribution is -0.136. The highest BCUT2D eigenvalue weighted by atomic mass is 16.2. The second-order valence-corrected chi connectivity index (χ2v) is 9.60. The van der Waals surface area contributed by atoms with E-state index in [9.17, 15) is 38.4 Å². The zero-order chi connectivity index (χ0) is 32.0. The number of nitrogens with two attached hydrogens (primary N) is 1. The van der Waals surface area contributed by atoms with Gasteiger partial charge in [-0.1, -0.05) is 6.92 Å². The molecular weight excluding hydrogens is 556 g/mol. The smallest absolute Gasteiger partial charge is 0.245 e. The van der Waals surface area contributed by atoms with Gasteiger partial charge in [-0.15, -0.1) is 0 Å². The summed E-state index contributed by atoms with van der Waals surface area (Å²) in [6.07, 6.45) is 0.104. The van der Waals surface area contributed by atoms with Crippen molar-refractivity contribution in [1.29, 1.82) is 0 Å². The van der Waals surface area contributed by atoms with Gasteiger partial charge in [-0.05, 0) is 27.8 Å². The summed E-state index contributed by atoms with van der Waals surface area (Å²) in [5, 5.41) is 22.0. The van der Waals surface area contributed by atoms with Crippen LogP contribution in [-0.2, 0) is 38.4 Å². The Morgan fingerprint density at radius 1 is 0.619 bits per heavy atom. The quantitative estimate of drug-likeness (QED) is 0.126. The van der Waals surface area contributed by atoms with Gasteiger partial charge >= 0.3 is 0 Å². The van der Waals surface area contributed by atoms with Gasteiger partial charge in [0.2, 0.25) is 47.3 Å². The van der Waals surface area contributed by atoms with Gasteiger partial charge in [0.1, 0.15) is 36.3 Å². The second kappa shape index (κ2) is 17.5. The fraction of sp³-hybridized carbons (Fsp3) is 0.667. The van der Waals surface area contributed by atoms with Crippen LogP contribution in [0.2, 0.25) is 0 Å². The van der Waals surface area contributed by atoms with Crippen LogP contribution >= 0.6 is 0 Å². The SMILES string of the molecule is CCC(=O)NC[C@@H]1NC(=O)[C@@H](C)NC(=O)[C@H](CN)NC(=O)[C@@H](C)NC(=O)[C@H](CNC(=O)CNC)NC(=O)[C@@H](C)NC1=O. The molecule has 42 heavy (non-hydrogen) atoms. The minimum atomic E-state index is -1.37. The van der Waals surface area contributed by atoms with Crippen molar-refractivity contribution in [1.82, 2.24) is 47.9 Å². The molecule has 8 amide bonds. The van der Waals surface area contributed by atoms with E-state index < -0.39 is 83.5 Å². The molecule has 0 spiro atoms. The molecule has 0 aromatic carbocycles. The highest BCUT2D eigenvalue weighted by Gasteiger charge is 2.32. The monoisotopic (exact) mass is 598 g/mol. The Bertz CT molecular complexity index is 1040. The lowest BCUT2D eigenvalue weighted by Gasteiger charge is -2.27. The highest BCUT2D eigenvalue weighted by Crippen LogP contribution is 1.97. The first-order valence-corrected chi connectivity index (χ1v) is 13.4.